The van der Waals surface area contributed by atoms with Gasteiger partial charge in [-0.05, 0) is 24.6 Å². The smallest absolute Gasteiger partial charge is 0.247 e. The Hall–Kier alpha value is -2.89. The number of aromatic nitrogens is 2. The molecule has 2 N–H and O–H groups in total. The van der Waals surface area contributed by atoms with E-state index in [0.717, 1.165) is 24.1 Å². The maximum absolute atomic E-state index is 12.2. The predicted octanol–water partition coefficient (Wildman–Crippen LogP) is 2.00. The molecular formula is C18H22N4O2. The number of carbonyl (C=O) groups excluding carboxylic acids is 2. The minimum Gasteiger partial charge on any atom is -0.368 e. The van der Waals surface area contributed by atoms with Gasteiger partial charge in [0.25, 0.3) is 0 Å². The topological polar surface area (TPSA) is 81.2 Å². The lowest BCUT2D eigenvalue weighted by atomic mass is 10.2. The number of nitrogens with zero attached hydrogens (tertiary/aromatic N) is 3. The van der Waals surface area contributed by atoms with Gasteiger partial charge in [0.1, 0.15) is 0 Å². The van der Waals surface area contributed by atoms with Crippen LogP contribution in [0.25, 0.3) is 11.8 Å². The molecule has 0 saturated carbocycles. The van der Waals surface area contributed by atoms with E-state index < -0.39 is 5.91 Å². The van der Waals surface area contributed by atoms with Gasteiger partial charge in [-0.2, -0.15) is 5.10 Å². The summed E-state index contributed by atoms with van der Waals surface area (Å²) in [4.78, 5) is 24.8. The first kappa shape index (κ1) is 17.5. The van der Waals surface area contributed by atoms with Crippen LogP contribution in [0.2, 0.25) is 0 Å². The molecule has 1 heterocycles. The Morgan fingerprint density at radius 2 is 2.04 bits per heavy atom. The number of hydrogen-bond acceptors (Lipinski definition) is 3. The molecule has 2 aromatic rings. The van der Waals surface area contributed by atoms with Crippen molar-refractivity contribution in [1.82, 2.24) is 14.7 Å². The third-order valence-electron chi connectivity index (χ3n) is 3.48. The van der Waals surface area contributed by atoms with E-state index in [1.165, 1.54) is 11.0 Å². The van der Waals surface area contributed by atoms with Crippen LogP contribution in [0.4, 0.5) is 0 Å². The first-order chi connectivity index (χ1) is 11.6. The first-order valence-electron chi connectivity index (χ1n) is 7.95. The summed E-state index contributed by atoms with van der Waals surface area (Å²) in [7, 11) is 0. The summed E-state index contributed by atoms with van der Waals surface area (Å²) in [6, 6.07) is 9.71. The van der Waals surface area contributed by atoms with Gasteiger partial charge in [-0.1, -0.05) is 31.5 Å². The average Bonchev–Trinajstić information content (AvgIpc) is 3.06. The molecular weight excluding hydrogens is 304 g/mol. The van der Waals surface area contributed by atoms with Gasteiger partial charge in [0.2, 0.25) is 11.8 Å². The highest BCUT2D eigenvalue weighted by Crippen LogP contribution is 2.09. The van der Waals surface area contributed by atoms with Crippen LogP contribution in [0.5, 0.6) is 0 Å². The van der Waals surface area contributed by atoms with Crippen LogP contribution in [0, 0.1) is 0 Å². The molecule has 0 atom stereocenters. The fourth-order valence-corrected chi connectivity index (χ4v) is 2.22. The maximum atomic E-state index is 12.2. The largest absolute Gasteiger partial charge is 0.368 e. The van der Waals surface area contributed by atoms with E-state index in [4.69, 9.17) is 5.73 Å². The highest BCUT2D eigenvalue weighted by molar-refractivity contribution is 5.94. The highest BCUT2D eigenvalue weighted by Gasteiger charge is 2.12. The predicted molar refractivity (Wildman–Crippen MR) is 93.3 cm³/mol. The molecule has 0 aliphatic rings. The quantitative estimate of drug-likeness (QED) is 0.753. The van der Waals surface area contributed by atoms with Gasteiger partial charge in [0, 0.05) is 24.4 Å². The van der Waals surface area contributed by atoms with E-state index in [9.17, 15) is 9.59 Å². The van der Waals surface area contributed by atoms with Crippen LogP contribution in [0.3, 0.4) is 0 Å². The Labute approximate surface area is 141 Å². The van der Waals surface area contributed by atoms with Crippen LogP contribution in [0.15, 0.2) is 48.8 Å². The van der Waals surface area contributed by atoms with Gasteiger partial charge in [0.15, 0.2) is 0 Å². The number of nitrogens with two attached hydrogens (primary N) is 1. The van der Waals surface area contributed by atoms with Crippen molar-refractivity contribution in [3.63, 3.8) is 0 Å². The number of primary amides is 1. The third-order valence-corrected chi connectivity index (χ3v) is 3.48. The van der Waals surface area contributed by atoms with Crippen molar-refractivity contribution in [1.29, 1.82) is 0 Å². The van der Waals surface area contributed by atoms with E-state index in [0.29, 0.717) is 6.54 Å². The zero-order valence-electron chi connectivity index (χ0n) is 13.8. The normalized spacial score (nSPS) is 10.9. The molecule has 0 aliphatic carbocycles. The third kappa shape index (κ3) is 5.08. The van der Waals surface area contributed by atoms with Crippen molar-refractivity contribution < 1.29 is 9.59 Å². The fourth-order valence-electron chi connectivity index (χ4n) is 2.22. The van der Waals surface area contributed by atoms with Gasteiger partial charge >= 0.3 is 0 Å². The van der Waals surface area contributed by atoms with E-state index in [1.54, 1.807) is 17.0 Å². The van der Waals surface area contributed by atoms with E-state index >= 15 is 0 Å². The molecule has 0 fully saturated rings. The van der Waals surface area contributed by atoms with E-state index in [-0.39, 0.29) is 12.5 Å². The molecule has 2 rings (SSSR count). The molecule has 126 valence electrons. The molecule has 0 radical (unpaired) electrons. The second-order valence-electron chi connectivity index (χ2n) is 5.47. The van der Waals surface area contributed by atoms with Crippen LogP contribution >= 0.6 is 0 Å². The summed E-state index contributed by atoms with van der Waals surface area (Å²) in [6.07, 6.45) is 8.43. The lowest BCUT2D eigenvalue weighted by Crippen LogP contribution is -2.38. The van der Waals surface area contributed by atoms with Gasteiger partial charge in [-0.3, -0.25) is 9.59 Å². The molecule has 0 unspecified atom stereocenters. The molecule has 1 aromatic heterocycles. The highest BCUT2D eigenvalue weighted by atomic mass is 16.2. The Kier molecular flexibility index (Phi) is 6.31. The number of amides is 2. The Morgan fingerprint density at radius 3 is 2.71 bits per heavy atom. The summed E-state index contributed by atoms with van der Waals surface area (Å²) in [5.41, 5.74) is 6.96. The van der Waals surface area contributed by atoms with Crippen molar-refractivity contribution in [2.45, 2.75) is 19.8 Å². The van der Waals surface area contributed by atoms with Gasteiger partial charge < -0.3 is 10.6 Å². The van der Waals surface area contributed by atoms with Crippen molar-refractivity contribution >= 4 is 17.9 Å². The van der Waals surface area contributed by atoms with Gasteiger partial charge in [-0.25, -0.2) is 4.68 Å². The minimum absolute atomic E-state index is 0.0630. The fraction of sp³-hybridized carbons (Fsp3) is 0.278. The van der Waals surface area contributed by atoms with Crippen LogP contribution in [-0.2, 0) is 9.59 Å². The number of unbranched alkanes of at least 4 members (excludes halogenated alkanes) is 1. The van der Waals surface area contributed by atoms with Crippen molar-refractivity contribution in [3.8, 4) is 5.69 Å². The lowest BCUT2D eigenvalue weighted by Gasteiger charge is -2.18. The molecule has 2 amide bonds. The molecule has 0 bridgehead atoms. The van der Waals surface area contributed by atoms with Crippen molar-refractivity contribution in [2.75, 3.05) is 13.1 Å². The number of carbonyl (C=O) groups is 2. The van der Waals surface area contributed by atoms with Gasteiger partial charge in [-0.15, -0.1) is 0 Å². The summed E-state index contributed by atoms with van der Waals surface area (Å²) >= 11 is 0. The summed E-state index contributed by atoms with van der Waals surface area (Å²) < 4.78 is 1.74. The number of para-hydroxylation sites is 1. The molecule has 24 heavy (non-hydrogen) atoms. The molecule has 6 heteroatoms. The Bertz CT molecular complexity index is 707. The lowest BCUT2D eigenvalue weighted by molar-refractivity contribution is -0.131. The standard InChI is InChI=1S/C18H22N4O2/c1-2-3-11-21(14-17(19)23)18(24)10-9-15-12-20-22(13-15)16-7-5-4-6-8-16/h4-10,12-13H,2-3,11,14H2,1H3,(H2,19,23)/b10-9-. The zero-order chi connectivity index (χ0) is 17.4. The van der Waals surface area contributed by atoms with Crippen molar-refractivity contribution in [3.05, 3.63) is 54.4 Å². The summed E-state index contributed by atoms with van der Waals surface area (Å²) in [6.45, 7) is 2.49. The second kappa shape index (κ2) is 8.67. The van der Waals surface area contributed by atoms with Crippen LogP contribution in [0.1, 0.15) is 25.3 Å². The molecule has 0 saturated heterocycles. The monoisotopic (exact) mass is 326 g/mol. The van der Waals surface area contributed by atoms with Crippen LogP contribution in [-0.4, -0.2) is 39.6 Å². The van der Waals surface area contributed by atoms with E-state index in [1.807, 2.05) is 43.5 Å². The Morgan fingerprint density at radius 1 is 1.29 bits per heavy atom. The maximum Gasteiger partial charge on any atom is 0.247 e. The van der Waals surface area contributed by atoms with Crippen molar-refractivity contribution in [2.24, 2.45) is 5.73 Å². The summed E-state index contributed by atoms with van der Waals surface area (Å²) in [5, 5.41) is 4.27. The molecule has 1 aromatic carbocycles. The summed E-state index contributed by atoms with van der Waals surface area (Å²) in [5.74, 6) is -0.737. The zero-order valence-corrected chi connectivity index (χ0v) is 13.8. The second-order valence-corrected chi connectivity index (χ2v) is 5.47. The molecule has 6 nitrogen and oxygen atoms in total. The molecule has 0 spiro atoms. The number of hydrogen-bond donors (Lipinski definition) is 1. The number of rotatable bonds is 8. The Balaban J connectivity index is 2.04. The minimum atomic E-state index is -0.509. The van der Waals surface area contributed by atoms with Crippen LogP contribution < -0.4 is 5.73 Å². The van der Waals surface area contributed by atoms with Gasteiger partial charge in [0.05, 0.1) is 18.4 Å². The molecule has 0 aliphatic heterocycles. The SMILES string of the molecule is CCCCN(CC(N)=O)C(=O)/C=C\c1cnn(-c2ccccc2)c1. The first-order valence-corrected chi connectivity index (χ1v) is 7.95. The average molecular weight is 326 g/mol. The van der Waals surface area contributed by atoms with E-state index in [2.05, 4.69) is 5.10 Å². The number of benzene rings is 1.